The van der Waals surface area contributed by atoms with Crippen LogP contribution < -0.4 is 5.73 Å². The lowest BCUT2D eigenvalue weighted by Gasteiger charge is -2.08. The Bertz CT molecular complexity index is 986. The van der Waals surface area contributed by atoms with Gasteiger partial charge in [0.15, 0.2) is 11.5 Å². The highest BCUT2D eigenvalue weighted by Gasteiger charge is 2.24. The van der Waals surface area contributed by atoms with Crippen molar-refractivity contribution in [3.63, 3.8) is 0 Å². The number of nitrogens with one attached hydrogen (secondary N) is 1. The SMILES string of the molecule is Nc1ncnc2nc(S(=O)(=O)Cc3ccn(C4CCCC4)n3)[nH]c12. The number of nitrogen functional groups attached to an aromatic ring is 1. The molecule has 0 bridgehead atoms. The summed E-state index contributed by atoms with van der Waals surface area (Å²) in [7, 11) is -3.67. The third-order valence-corrected chi connectivity index (χ3v) is 5.75. The normalized spacial score (nSPS) is 16.2. The van der Waals surface area contributed by atoms with E-state index >= 15 is 0 Å². The lowest BCUT2D eigenvalue weighted by molar-refractivity contribution is 0.464. The van der Waals surface area contributed by atoms with Crippen molar-refractivity contribution in [3.8, 4) is 0 Å². The molecule has 4 rings (SSSR count). The first-order valence-corrected chi connectivity index (χ1v) is 9.41. The molecule has 0 atom stereocenters. The molecule has 1 fully saturated rings. The van der Waals surface area contributed by atoms with Gasteiger partial charge >= 0.3 is 0 Å². The van der Waals surface area contributed by atoms with Crippen molar-refractivity contribution < 1.29 is 8.42 Å². The molecule has 0 aliphatic heterocycles. The van der Waals surface area contributed by atoms with Crippen LogP contribution in [0.3, 0.4) is 0 Å². The third-order valence-electron chi connectivity index (χ3n) is 4.29. The largest absolute Gasteiger partial charge is 0.382 e. The van der Waals surface area contributed by atoms with Crippen molar-refractivity contribution in [1.29, 1.82) is 0 Å². The number of sulfone groups is 1. The zero-order valence-corrected chi connectivity index (χ0v) is 13.7. The van der Waals surface area contributed by atoms with E-state index in [1.807, 2.05) is 10.9 Å². The van der Waals surface area contributed by atoms with Gasteiger partial charge in [0.2, 0.25) is 15.0 Å². The minimum atomic E-state index is -3.67. The molecule has 0 saturated heterocycles. The molecule has 0 amide bonds. The predicted octanol–water partition coefficient (Wildman–Crippen LogP) is 1.22. The first kappa shape index (κ1) is 15.1. The van der Waals surface area contributed by atoms with Gasteiger partial charge in [-0.2, -0.15) is 10.1 Å². The molecule has 126 valence electrons. The van der Waals surface area contributed by atoms with Crippen LogP contribution in [0.5, 0.6) is 0 Å². The van der Waals surface area contributed by atoms with Gasteiger partial charge < -0.3 is 10.7 Å². The van der Waals surface area contributed by atoms with E-state index < -0.39 is 9.84 Å². The number of rotatable bonds is 4. The van der Waals surface area contributed by atoms with Crippen molar-refractivity contribution in [2.45, 2.75) is 42.6 Å². The number of hydrogen-bond acceptors (Lipinski definition) is 7. The molecule has 0 radical (unpaired) electrons. The summed E-state index contributed by atoms with van der Waals surface area (Å²) in [5.41, 5.74) is 6.77. The van der Waals surface area contributed by atoms with Crippen molar-refractivity contribution in [2.75, 3.05) is 5.73 Å². The highest BCUT2D eigenvalue weighted by atomic mass is 32.2. The van der Waals surface area contributed by atoms with Gasteiger partial charge in [-0.1, -0.05) is 12.8 Å². The predicted molar refractivity (Wildman–Crippen MR) is 86.7 cm³/mol. The summed E-state index contributed by atoms with van der Waals surface area (Å²) in [4.78, 5) is 14.5. The summed E-state index contributed by atoms with van der Waals surface area (Å²) in [5, 5.41) is 4.25. The van der Waals surface area contributed by atoms with Crippen LogP contribution in [-0.4, -0.2) is 38.1 Å². The molecule has 0 aromatic carbocycles. The molecule has 0 spiro atoms. The zero-order chi connectivity index (χ0) is 16.7. The Morgan fingerprint density at radius 1 is 1.29 bits per heavy atom. The van der Waals surface area contributed by atoms with E-state index in [-0.39, 0.29) is 22.4 Å². The lowest BCUT2D eigenvalue weighted by atomic mass is 10.3. The summed E-state index contributed by atoms with van der Waals surface area (Å²) in [6, 6.07) is 2.12. The Kier molecular flexibility index (Phi) is 3.48. The first-order chi connectivity index (χ1) is 11.5. The van der Waals surface area contributed by atoms with Crippen LogP contribution in [0.4, 0.5) is 5.82 Å². The molecule has 3 N–H and O–H groups in total. The minimum Gasteiger partial charge on any atom is -0.382 e. The molecule has 1 aliphatic rings. The number of aromatic amines is 1. The summed E-state index contributed by atoms with van der Waals surface area (Å²) in [6.07, 6.45) is 7.67. The van der Waals surface area contributed by atoms with Gasteiger partial charge in [0.25, 0.3) is 0 Å². The average molecular weight is 347 g/mol. The number of hydrogen-bond donors (Lipinski definition) is 2. The van der Waals surface area contributed by atoms with E-state index in [0.717, 1.165) is 12.8 Å². The molecule has 0 unspecified atom stereocenters. The monoisotopic (exact) mass is 347 g/mol. The number of imidazole rings is 1. The highest BCUT2D eigenvalue weighted by Crippen LogP contribution is 2.29. The van der Waals surface area contributed by atoms with E-state index in [4.69, 9.17) is 5.73 Å². The van der Waals surface area contributed by atoms with Gasteiger partial charge in [0.05, 0.1) is 11.7 Å². The average Bonchev–Trinajstić information content (AvgIpc) is 3.27. The van der Waals surface area contributed by atoms with Crippen molar-refractivity contribution >= 4 is 26.8 Å². The van der Waals surface area contributed by atoms with Crippen LogP contribution in [-0.2, 0) is 15.6 Å². The van der Waals surface area contributed by atoms with Gasteiger partial charge in [0, 0.05) is 6.20 Å². The number of fused-ring (bicyclic) bond motifs is 1. The van der Waals surface area contributed by atoms with E-state index in [2.05, 4.69) is 25.0 Å². The maximum atomic E-state index is 12.6. The summed E-state index contributed by atoms with van der Waals surface area (Å²) in [5.74, 6) is -0.0562. The molecule has 3 heterocycles. The number of aromatic nitrogens is 6. The van der Waals surface area contributed by atoms with Crippen molar-refractivity contribution in [2.24, 2.45) is 0 Å². The molecule has 1 saturated carbocycles. The molecule has 3 aromatic heterocycles. The molecular weight excluding hydrogens is 330 g/mol. The van der Waals surface area contributed by atoms with Gasteiger partial charge in [-0.25, -0.2) is 18.4 Å². The Balaban J connectivity index is 1.61. The van der Waals surface area contributed by atoms with Gasteiger partial charge in [-0.3, -0.25) is 4.68 Å². The van der Waals surface area contributed by atoms with Crippen molar-refractivity contribution in [3.05, 3.63) is 24.3 Å². The standard InChI is InChI=1S/C14H17N7O2S/c15-12-11-13(17-8-16-12)19-14(18-11)24(22,23)7-9-5-6-21(20-9)10-3-1-2-4-10/h5-6,8,10H,1-4,7H2,(H3,15,16,17,18,19). The fraction of sp³-hybridized carbons (Fsp3) is 0.429. The molecule has 24 heavy (non-hydrogen) atoms. The Morgan fingerprint density at radius 3 is 2.83 bits per heavy atom. The molecule has 9 nitrogen and oxygen atoms in total. The fourth-order valence-electron chi connectivity index (χ4n) is 3.06. The van der Waals surface area contributed by atoms with Gasteiger partial charge in [0.1, 0.15) is 17.6 Å². The number of nitrogens with zero attached hydrogens (tertiary/aromatic N) is 5. The van der Waals surface area contributed by atoms with E-state index in [1.165, 1.54) is 19.2 Å². The van der Waals surface area contributed by atoms with Gasteiger partial charge in [-0.15, -0.1) is 0 Å². The second-order valence-electron chi connectivity index (χ2n) is 5.98. The maximum absolute atomic E-state index is 12.6. The third kappa shape index (κ3) is 2.62. The Morgan fingerprint density at radius 2 is 2.08 bits per heavy atom. The zero-order valence-electron chi connectivity index (χ0n) is 12.9. The van der Waals surface area contributed by atoms with Crippen LogP contribution in [0.15, 0.2) is 23.7 Å². The molecule has 10 heteroatoms. The topological polar surface area (TPSA) is 132 Å². The second kappa shape index (κ2) is 5.55. The molecule has 3 aromatic rings. The molecular formula is C14H17N7O2S. The highest BCUT2D eigenvalue weighted by molar-refractivity contribution is 7.90. The fourth-order valence-corrected chi connectivity index (χ4v) is 4.23. The van der Waals surface area contributed by atoms with E-state index in [9.17, 15) is 8.42 Å². The van der Waals surface area contributed by atoms with E-state index in [0.29, 0.717) is 17.3 Å². The van der Waals surface area contributed by atoms with Crippen LogP contribution in [0, 0.1) is 0 Å². The second-order valence-corrected chi connectivity index (χ2v) is 7.89. The first-order valence-electron chi connectivity index (χ1n) is 7.76. The molecule has 1 aliphatic carbocycles. The smallest absolute Gasteiger partial charge is 0.228 e. The van der Waals surface area contributed by atoms with E-state index in [1.54, 1.807) is 6.07 Å². The quantitative estimate of drug-likeness (QED) is 0.725. The van der Waals surface area contributed by atoms with Crippen LogP contribution in [0.1, 0.15) is 37.4 Å². The summed E-state index contributed by atoms with van der Waals surface area (Å²) in [6.45, 7) is 0. The number of H-pyrrole nitrogens is 1. The van der Waals surface area contributed by atoms with Crippen LogP contribution in [0.25, 0.3) is 11.2 Å². The summed E-state index contributed by atoms with van der Waals surface area (Å²) >= 11 is 0. The van der Waals surface area contributed by atoms with Crippen LogP contribution >= 0.6 is 0 Å². The lowest BCUT2D eigenvalue weighted by Crippen LogP contribution is -2.10. The Labute approximate surface area is 138 Å². The minimum absolute atomic E-state index is 0.166. The van der Waals surface area contributed by atoms with Gasteiger partial charge in [-0.05, 0) is 18.9 Å². The van der Waals surface area contributed by atoms with Crippen LogP contribution in [0.2, 0.25) is 0 Å². The number of nitrogens with two attached hydrogens (primary N) is 1. The Hall–Kier alpha value is -2.49. The number of anilines is 1. The maximum Gasteiger partial charge on any atom is 0.228 e. The van der Waals surface area contributed by atoms with Crippen molar-refractivity contribution in [1.82, 2.24) is 29.7 Å². The summed E-state index contributed by atoms with van der Waals surface area (Å²) < 4.78 is 27.0.